The molecule has 0 aliphatic heterocycles. The van der Waals surface area contributed by atoms with Crippen LogP contribution < -0.4 is 9.80 Å². The molecule has 5 heteroatoms. The number of para-hydroxylation sites is 5. The zero-order chi connectivity index (χ0) is 87.5. The Kier molecular flexibility index (Phi) is 15.5. The van der Waals surface area contributed by atoms with Gasteiger partial charge in [0, 0.05) is 104 Å². The SMILES string of the molecule is CC1(C)c2ccccc2-c2ccc(-c3ccc4cc5c6cc(-c7ccc8c(c7)C(C)(C)c7ccccc7-8)cc7c8cc9ccc(-c%10ccc%11c(c%10)C(C)(C)c%10ccccc%10-%11)cc9cc8n(c5cc4c3)c67)cc21.c1ccc(N(c2ccccc2)c2ccc3cc4c5cc6oc7ccccc7c6c6c7cc8ccc(N(c9ccccc9)c9ccccc9)cc8cc7n(c4cc3c2)c56)cc1. The van der Waals surface area contributed by atoms with E-state index in [0.29, 0.717) is 0 Å². The molecule has 5 heterocycles. The average Bonchev–Trinajstić information content (AvgIpc) is 1.52. The van der Waals surface area contributed by atoms with Crippen molar-refractivity contribution >= 4 is 175 Å². The Morgan fingerprint density at radius 1 is 0.189 bits per heavy atom. The van der Waals surface area contributed by atoms with Crippen molar-refractivity contribution in [2.24, 2.45) is 0 Å². The second-order valence-corrected chi connectivity index (χ2v) is 38.7. The summed E-state index contributed by atoms with van der Waals surface area (Å²) in [6.07, 6.45) is 0. The van der Waals surface area contributed by atoms with Gasteiger partial charge < -0.3 is 23.0 Å². The molecule has 29 rings (SSSR count). The molecule has 0 atom stereocenters. The molecule has 0 fully saturated rings. The van der Waals surface area contributed by atoms with Crippen molar-refractivity contribution < 1.29 is 4.42 Å². The van der Waals surface area contributed by atoms with Gasteiger partial charge in [-0.3, -0.25) is 0 Å². The molecule has 132 heavy (non-hydrogen) atoms. The molecule has 5 aromatic heterocycles. The first-order valence-corrected chi connectivity index (χ1v) is 46.3. The normalized spacial score (nSPS) is 13.9. The first kappa shape index (κ1) is 74.7. The van der Waals surface area contributed by atoms with E-state index in [2.05, 4.69) is 473 Å². The van der Waals surface area contributed by atoms with Gasteiger partial charge in [-0.05, 0) is 319 Å². The van der Waals surface area contributed by atoms with Gasteiger partial charge in [0.25, 0.3) is 0 Å². The predicted octanol–water partition coefficient (Wildman–Crippen LogP) is 35.0. The second kappa shape index (κ2) is 27.4. The van der Waals surface area contributed by atoms with Crippen LogP contribution >= 0.6 is 0 Å². The lowest BCUT2D eigenvalue weighted by atomic mass is 9.81. The van der Waals surface area contributed by atoms with E-state index in [4.69, 9.17) is 4.42 Å². The fraction of sp³-hybridized carbons (Fsp3) is 0.0709. The average molecular weight is 1680 g/mol. The maximum Gasteiger partial charge on any atom is 0.136 e. The first-order valence-electron chi connectivity index (χ1n) is 46.3. The second-order valence-electron chi connectivity index (χ2n) is 38.7. The predicted molar refractivity (Wildman–Crippen MR) is 558 cm³/mol. The van der Waals surface area contributed by atoms with Gasteiger partial charge in [0.1, 0.15) is 11.2 Å². The van der Waals surface area contributed by atoms with Gasteiger partial charge in [0.2, 0.25) is 0 Å². The highest BCUT2D eigenvalue weighted by Gasteiger charge is 2.39. The lowest BCUT2D eigenvalue weighted by Crippen LogP contribution is -2.14. The van der Waals surface area contributed by atoms with Crippen LogP contribution in [0.25, 0.3) is 208 Å². The Hall–Kier alpha value is -16.3. The van der Waals surface area contributed by atoms with Gasteiger partial charge in [-0.2, -0.15) is 0 Å². The molecular formula is C127H86N4O. The number of nitrogens with zero attached hydrogens (tertiary/aromatic N) is 4. The fourth-order valence-electron chi connectivity index (χ4n) is 24.0. The molecule has 5 nitrogen and oxygen atoms in total. The highest BCUT2D eigenvalue weighted by atomic mass is 16.3. The lowest BCUT2D eigenvalue weighted by Gasteiger charge is -2.25. The zero-order valence-corrected chi connectivity index (χ0v) is 74.0. The molecule has 620 valence electrons. The van der Waals surface area contributed by atoms with E-state index in [1.165, 1.54) is 225 Å². The number of rotatable bonds is 9. The van der Waals surface area contributed by atoms with Crippen LogP contribution in [0.1, 0.15) is 74.9 Å². The van der Waals surface area contributed by atoms with Gasteiger partial charge >= 0.3 is 0 Å². The van der Waals surface area contributed by atoms with E-state index in [0.717, 1.165) is 50.7 Å². The maximum atomic E-state index is 6.67. The van der Waals surface area contributed by atoms with Gasteiger partial charge in [0.15, 0.2) is 0 Å². The molecule has 3 aliphatic rings. The Bertz CT molecular complexity index is 9120. The van der Waals surface area contributed by atoms with Crippen LogP contribution in [0.15, 0.2) is 417 Å². The Labute approximate surface area is 763 Å². The third-order valence-electron chi connectivity index (χ3n) is 30.4. The van der Waals surface area contributed by atoms with Crippen molar-refractivity contribution in [3.05, 3.63) is 446 Å². The number of aromatic nitrogens is 2. The van der Waals surface area contributed by atoms with Crippen molar-refractivity contribution in [3.63, 3.8) is 0 Å². The molecular weight excluding hydrogens is 1600 g/mol. The topological polar surface area (TPSA) is 28.4 Å². The Morgan fingerprint density at radius 2 is 0.508 bits per heavy atom. The van der Waals surface area contributed by atoms with E-state index in [1.807, 2.05) is 0 Å². The molecule has 0 radical (unpaired) electrons. The molecule has 26 aromatic rings. The molecule has 0 saturated heterocycles. The summed E-state index contributed by atoms with van der Waals surface area (Å²) in [4.78, 5) is 4.67. The molecule has 0 spiro atoms. The summed E-state index contributed by atoms with van der Waals surface area (Å²) >= 11 is 0. The van der Waals surface area contributed by atoms with E-state index in [-0.39, 0.29) is 16.2 Å². The minimum Gasteiger partial charge on any atom is -0.456 e. The summed E-state index contributed by atoms with van der Waals surface area (Å²) in [5.41, 5.74) is 39.8. The monoisotopic (exact) mass is 1680 g/mol. The number of hydrogen-bond acceptors (Lipinski definition) is 3. The molecule has 0 amide bonds. The molecule has 21 aromatic carbocycles. The largest absolute Gasteiger partial charge is 0.456 e. The van der Waals surface area contributed by atoms with E-state index in [9.17, 15) is 0 Å². The smallest absolute Gasteiger partial charge is 0.136 e. The molecule has 0 bridgehead atoms. The van der Waals surface area contributed by atoms with Crippen LogP contribution in [0, 0.1) is 0 Å². The Morgan fingerprint density at radius 3 is 0.932 bits per heavy atom. The summed E-state index contributed by atoms with van der Waals surface area (Å²) in [5, 5.41) is 22.2. The quantitative estimate of drug-likeness (QED) is 0.144. The van der Waals surface area contributed by atoms with Gasteiger partial charge in [-0.15, -0.1) is 0 Å². The first-order chi connectivity index (χ1) is 64.7. The van der Waals surface area contributed by atoms with Gasteiger partial charge in [-0.1, -0.05) is 278 Å². The number of furan rings is 1. The summed E-state index contributed by atoms with van der Waals surface area (Å²) in [6, 6.07) is 154. The highest BCUT2D eigenvalue weighted by molar-refractivity contribution is 6.36. The molecule has 3 aliphatic carbocycles. The molecule has 0 N–H and O–H groups in total. The van der Waals surface area contributed by atoms with Crippen LogP contribution in [0.2, 0.25) is 0 Å². The van der Waals surface area contributed by atoms with Gasteiger partial charge in [0.05, 0.1) is 33.1 Å². The summed E-state index contributed by atoms with van der Waals surface area (Å²) in [5.74, 6) is 0. The molecule has 0 unspecified atom stereocenters. The van der Waals surface area contributed by atoms with Crippen LogP contribution in [0.5, 0.6) is 0 Å². The van der Waals surface area contributed by atoms with E-state index in [1.54, 1.807) is 0 Å². The van der Waals surface area contributed by atoms with Crippen molar-refractivity contribution in [1.29, 1.82) is 0 Å². The maximum absolute atomic E-state index is 6.67. The standard InChI is InChI=1S/C71H51N.C56H35N3O/c1-69(2)60-16-10-7-13-50(60)53-26-23-44(35-63(53)69)40-19-21-42-31-56-58-33-49(46-25-28-55-52-15-9-12-18-62(52)71(5,6)65(55)37-46)34-59-57-32-43-22-20-41(30-48(43)39-67(57)72(68(58)59)66(56)38-47(42)29-40)45-24-27-54-51-14-8-11-17-61(51)70(3,4)64(54)36-45;1-5-15-40(16-6-1)57(41-17-7-2-8-18-41)44-27-25-36-31-47-48-35-53-54(46-23-13-14-24-52(46)60-53)55-49-32-37-26-28-45(58(42-19-9-3-10-20-42)43-21-11-4-12-22-43)30-39(37)34-51(49)59(56(48)55)50(47)33-38(36)29-44/h7-39H,1-6H3;1-35H. The summed E-state index contributed by atoms with van der Waals surface area (Å²) in [7, 11) is 0. The van der Waals surface area contributed by atoms with Crippen LogP contribution in [-0.2, 0) is 16.2 Å². The van der Waals surface area contributed by atoms with Crippen molar-refractivity contribution in [2.75, 3.05) is 9.80 Å². The summed E-state index contributed by atoms with van der Waals surface area (Å²) in [6.45, 7) is 14.3. The lowest BCUT2D eigenvalue weighted by molar-refractivity contribution is 0.660. The van der Waals surface area contributed by atoms with Crippen LogP contribution in [-0.4, -0.2) is 8.80 Å². The highest BCUT2D eigenvalue weighted by Crippen LogP contribution is 2.56. The van der Waals surface area contributed by atoms with Crippen molar-refractivity contribution in [2.45, 2.75) is 57.8 Å². The van der Waals surface area contributed by atoms with Crippen molar-refractivity contribution in [1.82, 2.24) is 8.80 Å². The minimum atomic E-state index is -0.0804. The summed E-state index contributed by atoms with van der Waals surface area (Å²) < 4.78 is 11.8. The van der Waals surface area contributed by atoms with E-state index < -0.39 is 0 Å². The van der Waals surface area contributed by atoms with Crippen LogP contribution in [0.4, 0.5) is 34.1 Å². The number of benzene rings is 21. The van der Waals surface area contributed by atoms with Crippen molar-refractivity contribution in [3.8, 4) is 66.8 Å². The minimum absolute atomic E-state index is 0.0539. The van der Waals surface area contributed by atoms with Crippen LogP contribution in [0.3, 0.4) is 0 Å². The third-order valence-corrected chi connectivity index (χ3v) is 30.4. The number of hydrogen-bond donors (Lipinski definition) is 0. The fourth-order valence-corrected chi connectivity index (χ4v) is 24.0. The zero-order valence-electron chi connectivity index (χ0n) is 74.0. The third kappa shape index (κ3) is 10.7. The number of fused-ring (bicyclic) bond motifs is 29. The molecule has 0 saturated carbocycles. The number of anilines is 6. The van der Waals surface area contributed by atoms with Gasteiger partial charge in [-0.25, -0.2) is 0 Å². The van der Waals surface area contributed by atoms with E-state index >= 15 is 0 Å². The Balaban J connectivity index is 0.000000134.